The van der Waals surface area contributed by atoms with Crippen molar-refractivity contribution < 1.29 is 18.7 Å². The van der Waals surface area contributed by atoms with E-state index in [4.69, 9.17) is 0 Å². The summed E-state index contributed by atoms with van der Waals surface area (Å²) in [5, 5.41) is 4.70. The van der Waals surface area contributed by atoms with Crippen LogP contribution in [0.25, 0.3) is 0 Å². The summed E-state index contributed by atoms with van der Waals surface area (Å²) < 4.78 is 17.8. The maximum absolute atomic E-state index is 13.2. The number of carbonyl (C=O) groups is 2. The number of carbonyl (C=O) groups excluding carboxylic acids is 2. The molecule has 0 bridgehead atoms. The Morgan fingerprint density at radius 2 is 1.95 bits per heavy atom. The second kappa shape index (κ2) is 5.83. The predicted molar refractivity (Wildman–Crippen MR) is 74.7 cm³/mol. The molecule has 1 heterocycles. The Morgan fingerprint density at radius 1 is 1.20 bits per heavy atom. The van der Waals surface area contributed by atoms with Gasteiger partial charge in [-0.15, -0.1) is 11.3 Å². The minimum absolute atomic E-state index is 0.232. The summed E-state index contributed by atoms with van der Waals surface area (Å²) in [5.41, 5.74) is 1.26. The van der Waals surface area contributed by atoms with Crippen molar-refractivity contribution in [3.63, 3.8) is 0 Å². The summed E-state index contributed by atoms with van der Waals surface area (Å²) in [5.74, 6) is -1.36. The van der Waals surface area contributed by atoms with Crippen molar-refractivity contribution in [2.75, 3.05) is 12.4 Å². The number of benzene rings is 1. The summed E-state index contributed by atoms with van der Waals surface area (Å²) in [6, 6.07) is 5.61. The number of esters is 1. The number of hydrogen-bond donors (Lipinski definition) is 1. The van der Waals surface area contributed by atoms with Gasteiger partial charge in [0, 0.05) is 10.9 Å². The molecule has 0 spiro atoms. The van der Waals surface area contributed by atoms with Gasteiger partial charge >= 0.3 is 5.97 Å². The van der Waals surface area contributed by atoms with E-state index in [1.54, 1.807) is 18.4 Å². The number of amides is 1. The fourth-order valence-corrected chi connectivity index (χ4v) is 2.44. The van der Waals surface area contributed by atoms with Gasteiger partial charge in [-0.1, -0.05) is 0 Å². The third-order valence-electron chi connectivity index (χ3n) is 2.56. The van der Waals surface area contributed by atoms with Gasteiger partial charge < -0.3 is 10.1 Å². The maximum Gasteiger partial charge on any atom is 0.338 e. The fraction of sp³-hybridized carbons (Fsp3) is 0.143. The summed E-state index contributed by atoms with van der Waals surface area (Å²) >= 11 is 1.20. The van der Waals surface area contributed by atoms with E-state index in [1.165, 1.54) is 30.6 Å². The van der Waals surface area contributed by atoms with E-state index in [2.05, 4.69) is 10.1 Å². The molecule has 1 aromatic heterocycles. The number of nitrogens with one attached hydrogen (secondary N) is 1. The van der Waals surface area contributed by atoms with Gasteiger partial charge in [-0.2, -0.15) is 0 Å². The van der Waals surface area contributed by atoms with Gasteiger partial charge in [-0.25, -0.2) is 9.18 Å². The second-order valence-electron chi connectivity index (χ2n) is 4.16. The SMILES string of the molecule is COC(=O)c1csc(NC(=O)c2cc(C)cc(F)c2)c1. The number of anilines is 1. The average molecular weight is 293 g/mol. The van der Waals surface area contributed by atoms with Crippen LogP contribution in [0.15, 0.2) is 29.6 Å². The molecule has 0 aliphatic rings. The molecule has 1 N–H and O–H groups in total. The highest BCUT2D eigenvalue weighted by Crippen LogP contribution is 2.22. The van der Waals surface area contributed by atoms with Crippen LogP contribution >= 0.6 is 11.3 Å². The largest absolute Gasteiger partial charge is 0.465 e. The van der Waals surface area contributed by atoms with Crippen LogP contribution in [-0.2, 0) is 4.74 Å². The van der Waals surface area contributed by atoms with Crippen LogP contribution in [0.2, 0.25) is 0 Å². The minimum Gasteiger partial charge on any atom is -0.465 e. The molecule has 4 nitrogen and oxygen atoms in total. The predicted octanol–water partition coefficient (Wildman–Crippen LogP) is 3.23. The zero-order valence-electron chi connectivity index (χ0n) is 10.9. The average Bonchev–Trinajstić information content (AvgIpc) is 2.85. The molecule has 1 amide bonds. The molecule has 2 aromatic rings. The molecule has 0 saturated heterocycles. The second-order valence-corrected chi connectivity index (χ2v) is 5.07. The van der Waals surface area contributed by atoms with Crippen LogP contribution in [0.5, 0.6) is 0 Å². The number of ether oxygens (including phenoxy) is 1. The van der Waals surface area contributed by atoms with Crippen molar-refractivity contribution in [2.45, 2.75) is 6.92 Å². The highest BCUT2D eigenvalue weighted by Gasteiger charge is 2.12. The third-order valence-corrected chi connectivity index (χ3v) is 3.41. The number of aryl methyl sites for hydroxylation is 1. The number of halogens is 1. The Balaban J connectivity index is 2.15. The molecule has 20 heavy (non-hydrogen) atoms. The first-order valence-corrected chi connectivity index (χ1v) is 6.63. The van der Waals surface area contributed by atoms with Crippen molar-refractivity contribution in [3.8, 4) is 0 Å². The van der Waals surface area contributed by atoms with Crippen molar-refractivity contribution in [1.82, 2.24) is 0 Å². The summed E-state index contributed by atoms with van der Waals surface area (Å²) in [4.78, 5) is 23.3. The summed E-state index contributed by atoms with van der Waals surface area (Å²) in [7, 11) is 1.29. The molecule has 0 fully saturated rings. The quantitative estimate of drug-likeness (QED) is 0.884. The highest BCUT2D eigenvalue weighted by molar-refractivity contribution is 7.14. The molecule has 1 aromatic carbocycles. The van der Waals surface area contributed by atoms with Crippen molar-refractivity contribution >= 4 is 28.2 Å². The maximum atomic E-state index is 13.2. The van der Waals surface area contributed by atoms with Gasteiger partial charge in [-0.3, -0.25) is 4.79 Å². The van der Waals surface area contributed by atoms with E-state index in [0.29, 0.717) is 16.1 Å². The van der Waals surface area contributed by atoms with E-state index < -0.39 is 17.7 Å². The third kappa shape index (κ3) is 3.21. The molecular formula is C14H12FNO3S. The van der Waals surface area contributed by atoms with E-state index in [0.717, 1.165) is 6.07 Å². The van der Waals surface area contributed by atoms with Crippen molar-refractivity contribution in [3.05, 3.63) is 52.2 Å². The lowest BCUT2D eigenvalue weighted by Gasteiger charge is -2.04. The molecule has 0 radical (unpaired) electrons. The smallest absolute Gasteiger partial charge is 0.338 e. The lowest BCUT2D eigenvalue weighted by molar-refractivity contribution is 0.0601. The van der Waals surface area contributed by atoms with Gasteiger partial charge in [0.05, 0.1) is 17.7 Å². The summed E-state index contributed by atoms with van der Waals surface area (Å²) in [6.45, 7) is 1.71. The normalized spacial score (nSPS) is 10.2. The Morgan fingerprint density at radius 3 is 2.60 bits per heavy atom. The molecule has 0 atom stereocenters. The Bertz CT molecular complexity index is 646. The first kappa shape index (κ1) is 14.2. The number of hydrogen-bond acceptors (Lipinski definition) is 4. The van der Waals surface area contributed by atoms with Crippen LogP contribution in [0.3, 0.4) is 0 Å². The van der Waals surface area contributed by atoms with Crippen LogP contribution in [0.1, 0.15) is 26.3 Å². The topological polar surface area (TPSA) is 55.4 Å². The van der Waals surface area contributed by atoms with Crippen LogP contribution in [0, 0.1) is 12.7 Å². The van der Waals surface area contributed by atoms with Crippen LogP contribution < -0.4 is 5.32 Å². The zero-order valence-corrected chi connectivity index (χ0v) is 11.7. The molecule has 0 aliphatic carbocycles. The zero-order chi connectivity index (χ0) is 14.7. The highest BCUT2D eigenvalue weighted by atomic mass is 32.1. The van der Waals surface area contributed by atoms with Gasteiger partial charge in [-0.05, 0) is 36.8 Å². The van der Waals surface area contributed by atoms with Gasteiger partial charge in [0.25, 0.3) is 5.91 Å². The van der Waals surface area contributed by atoms with Gasteiger partial charge in [0.1, 0.15) is 5.82 Å². The first-order valence-electron chi connectivity index (χ1n) is 5.75. The van der Waals surface area contributed by atoms with Crippen LogP contribution in [-0.4, -0.2) is 19.0 Å². The lowest BCUT2D eigenvalue weighted by Crippen LogP contribution is -2.11. The molecule has 2 rings (SSSR count). The lowest BCUT2D eigenvalue weighted by atomic mass is 10.1. The fourth-order valence-electron chi connectivity index (χ4n) is 1.68. The van der Waals surface area contributed by atoms with Crippen LogP contribution in [0.4, 0.5) is 9.39 Å². The van der Waals surface area contributed by atoms with E-state index in [9.17, 15) is 14.0 Å². The van der Waals surface area contributed by atoms with E-state index in [-0.39, 0.29) is 5.56 Å². The van der Waals surface area contributed by atoms with Gasteiger partial charge in [0.2, 0.25) is 0 Å². The Labute approximate surface area is 119 Å². The molecule has 0 unspecified atom stereocenters. The molecule has 6 heteroatoms. The molecular weight excluding hydrogens is 281 g/mol. The first-order chi connectivity index (χ1) is 9.49. The summed E-state index contributed by atoms with van der Waals surface area (Å²) in [6.07, 6.45) is 0. The van der Waals surface area contributed by atoms with Gasteiger partial charge in [0.15, 0.2) is 0 Å². The Hall–Kier alpha value is -2.21. The molecule has 0 aliphatic heterocycles. The minimum atomic E-state index is -0.469. The molecule has 0 saturated carbocycles. The van der Waals surface area contributed by atoms with E-state index in [1.807, 2.05) is 0 Å². The monoisotopic (exact) mass is 293 g/mol. The standard InChI is InChI=1S/C14H12FNO3S/c1-8-3-9(5-11(15)4-8)13(17)16-12-6-10(7-20-12)14(18)19-2/h3-7H,1-2H3,(H,16,17). The Kier molecular flexibility index (Phi) is 4.14. The number of rotatable bonds is 3. The number of methoxy groups -OCH3 is 1. The van der Waals surface area contributed by atoms with E-state index >= 15 is 0 Å². The molecule has 104 valence electrons. The van der Waals surface area contributed by atoms with Crippen molar-refractivity contribution in [2.24, 2.45) is 0 Å². The number of thiophene rings is 1. The van der Waals surface area contributed by atoms with Crippen molar-refractivity contribution in [1.29, 1.82) is 0 Å².